The van der Waals surface area contributed by atoms with Gasteiger partial charge < -0.3 is 20.1 Å². The van der Waals surface area contributed by atoms with E-state index < -0.39 is 6.10 Å². The molecule has 0 aliphatic carbocycles. The van der Waals surface area contributed by atoms with Gasteiger partial charge in [0.2, 0.25) is 0 Å². The molecule has 0 spiro atoms. The van der Waals surface area contributed by atoms with Crippen molar-refractivity contribution in [3.63, 3.8) is 0 Å². The first-order valence-corrected chi connectivity index (χ1v) is 9.55. The fourth-order valence-corrected chi connectivity index (χ4v) is 3.43. The Morgan fingerprint density at radius 2 is 1.79 bits per heavy atom. The summed E-state index contributed by atoms with van der Waals surface area (Å²) in [6, 6.07) is 6.13. The Morgan fingerprint density at radius 3 is 2.45 bits per heavy atom. The molecular weight excluding hydrogens is 368 g/mol. The third-order valence-corrected chi connectivity index (χ3v) is 4.77. The zero-order valence-electron chi connectivity index (χ0n) is 17.1. The lowest BCUT2D eigenvalue weighted by molar-refractivity contribution is 0.0844. The van der Waals surface area contributed by atoms with Gasteiger partial charge in [-0.25, -0.2) is 0 Å². The number of hydrogen-bond donors (Lipinski definition) is 3. The molecule has 0 saturated heterocycles. The molecule has 152 valence electrons. The van der Waals surface area contributed by atoms with Crippen LogP contribution in [0.5, 0.6) is 23.0 Å². The molecule has 0 saturated carbocycles. The Labute approximate surface area is 170 Å². The molecule has 1 unspecified atom stereocenters. The van der Waals surface area contributed by atoms with E-state index in [1.54, 1.807) is 0 Å². The summed E-state index contributed by atoms with van der Waals surface area (Å²) in [5.41, 5.74) is 4.44. The van der Waals surface area contributed by atoms with Gasteiger partial charge in [0, 0.05) is 17.7 Å². The van der Waals surface area contributed by atoms with E-state index in [1.807, 2.05) is 52.0 Å². The maximum Gasteiger partial charge on any atom is 0.174 e. The molecule has 1 aliphatic heterocycles. The molecule has 0 bridgehead atoms. The van der Waals surface area contributed by atoms with Crippen molar-refractivity contribution in [1.29, 1.82) is 0 Å². The van der Waals surface area contributed by atoms with Crippen LogP contribution in [0.4, 0.5) is 0 Å². The highest BCUT2D eigenvalue weighted by Crippen LogP contribution is 2.42. The van der Waals surface area contributed by atoms with Crippen LogP contribution in [-0.2, 0) is 6.42 Å². The largest absolute Gasteiger partial charge is 0.508 e. The van der Waals surface area contributed by atoms with Gasteiger partial charge in [-0.3, -0.25) is 4.79 Å². The lowest BCUT2D eigenvalue weighted by Gasteiger charge is -2.27. The number of phenolic OH excluding ortho intramolecular Hbond substituents is 3. The Balaban J connectivity index is 2.08. The summed E-state index contributed by atoms with van der Waals surface area (Å²) in [5, 5.41) is 30.5. The number of ketones is 1. The molecule has 1 heterocycles. The second kappa shape index (κ2) is 8.03. The van der Waals surface area contributed by atoms with Crippen molar-refractivity contribution in [2.45, 2.75) is 46.6 Å². The Morgan fingerprint density at radius 1 is 1.07 bits per heavy atom. The van der Waals surface area contributed by atoms with Gasteiger partial charge in [-0.1, -0.05) is 23.3 Å². The fourth-order valence-electron chi connectivity index (χ4n) is 3.43. The number of phenols is 3. The van der Waals surface area contributed by atoms with E-state index >= 15 is 0 Å². The highest BCUT2D eigenvalue weighted by Gasteiger charge is 2.31. The maximum atomic E-state index is 12.6. The molecule has 0 amide bonds. The van der Waals surface area contributed by atoms with E-state index in [-0.39, 0.29) is 40.8 Å². The Bertz CT molecular complexity index is 1020. The highest BCUT2D eigenvalue weighted by molar-refractivity contribution is 6.02. The van der Waals surface area contributed by atoms with Crippen molar-refractivity contribution >= 4 is 11.9 Å². The predicted octanol–water partition coefficient (Wildman–Crippen LogP) is 5.44. The average Bonchev–Trinajstić information content (AvgIpc) is 2.60. The van der Waals surface area contributed by atoms with Gasteiger partial charge in [0.05, 0.1) is 6.42 Å². The van der Waals surface area contributed by atoms with Gasteiger partial charge in [-0.15, -0.1) is 0 Å². The molecule has 29 heavy (non-hydrogen) atoms. The molecule has 5 nitrogen and oxygen atoms in total. The van der Waals surface area contributed by atoms with Gasteiger partial charge >= 0.3 is 0 Å². The number of aromatic hydroxyl groups is 3. The van der Waals surface area contributed by atoms with Crippen LogP contribution in [0.25, 0.3) is 6.08 Å². The van der Waals surface area contributed by atoms with Crippen LogP contribution in [0, 0.1) is 0 Å². The molecule has 0 aromatic heterocycles. The minimum atomic E-state index is -0.577. The van der Waals surface area contributed by atoms with Gasteiger partial charge in [0.15, 0.2) is 5.78 Å². The van der Waals surface area contributed by atoms with Crippen LogP contribution in [-0.4, -0.2) is 21.1 Å². The van der Waals surface area contributed by atoms with Gasteiger partial charge in [-0.05, 0) is 57.4 Å². The first-order valence-electron chi connectivity index (χ1n) is 9.55. The minimum Gasteiger partial charge on any atom is -0.508 e. The molecule has 2 aromatic rings. The second-order valence-electron chi connectivity index (χ2n) is 7.90. The van der Waals surface area contributed by atoms with Crippen molar-refractivity contribution in [2.75, 3.05) is 0 Å². The van der Waals surface area contributed by atoms with Crippen LogP contribution in [0.2, 0.25) is 0 Å². The standard InChI is InChI=1S/C24H26O5/c1-13(2)5-6-15-8-16(9-17(24(15)28)7-14(3)4)21-12-20(27)23-19(26)10-18(25)11-22(23)29-21/h5,7-11,21,25-26,28H,6,12H2,1-4H3. The summed E-state index contributed by atoms with van der Waals surface area (Å²) in [5.74, 6) is -0.341. The van der Waals surface area contributed by atoms with Crippen LogP contribution < -0.4 is 4.74 Å². The number of Topliss-reactive ketones (excluding diaryl/α,β-unsaturated/α-hetero) is 1. The molecule has 0 radical (unpaired) electrons. The van der Waals surface area contributed by atoms with Gasteiger partial charge in [-0.2, -0.15) is 0 Å². The van der Waals surface area contributed by atoms with Gasteiger partial charge in [0.1, 0.15) is 34.7 Å². The van der Waals surface area contributed by atoms with Crippen molar-refractivity contribution < 1.29 is 24.9 Å². The normalized spacial score (nSPS) is 15.3. The summed E-state index contributed by atoms with van der Waals surface area (Å²) in [4.78, 5) is 12.6. The van der Waals surface area contributed by atoms with E-state index in [9.17, 15) is 20.1 Å². The van der Waals surface area contributed by atoms with E-state index in [4.69, 9.17) is 4.74 Å². The van der Waals surface area contributed by atoms with Gasteiger partial charge in [0.25, 0.3) is 0 Å². The molecule has 3 N–H and O–H groups in total. The Hall–Kier alpha value is -3.21. The van der Waals surface area contributed by atoms with E-state index in [1.165, 1.54) is 6.07 Å². The smallest absolute Gasteiger partial charge is 0.174 e. The number of hydrogen-bond acceptors (Lipinski definition) is 5. The van der Waals surface area contributed by atoms with Crippen LogP contribution in [0.15, 0.2) is 41.5 Å². The quantitative estimate of drug-likeness (QED) is 0.601. The number of fused-ring (bicyclic) bond motifs is 1. The van der Waals surface area contributed by atoms with Crippen molar-refractivity contribution in [3.05, 3.63) is 63.7 Å². The fraction of sp³-hybridized carbons (Fsp3) is 0.292. The molecule has 1 aliphatic rings. The average molecular weight is 394 g/mol. The molecule has 2 aromatic carbocycles. The van der Waals surface area contributed by atoms with E-state index in [2.05, 4.69) is 0 Å². The lowest BCUT2D eigenvalue weighted by Crippen LogP contribution is -2.20. The Kier molecular flexibility index (Phi) is 5.69. The second-order valence-corrected chi connectivity index (χ2v) is 7.90. The molecule has 5 heteroatoms. The van der Waals surface area contributed by atoms with Crippen LogP contribution in [0.1, 0.15) is 67.3 Å². The number of ether oxygens (including phenoxy) is 1. The summed E-state index contributed by atoms with van der Waals surface area (Å²) in [6.07, 6.45) is 3.97. The minimum absolute atomic E-state index is 0.0620. The van der Waals surface area contributed by atoms with Crippen molar-refractivity contribution in [3.8, 4) is 23.0 Å². The number of rotatable bonds is 4. The third-order valence-electron chi connectivity index (χ3n) is 4.77. The predicted molar refractivity (Wildman–Crippen MR) is 113 cm³/mol. The molecule has 0 fully saturated rings. The number of allylic oxidation sites excluding steroid dienone is 3. The van der Waals surface area contributed by atoms with Crippen molar-refractivity contribution in [1.82, 2.24) is 0 Å². The van der Waals surface area contributed by atoms with E-state index in [0.717, 1.165) is 28.3 Å². The first kappa shape index (κ1) is 20.5. The first-order chi connectivity index (χ1) is 13.7. The summed E-state index contributed by atoms with van der Waals surface area (Å²) in [7, 11) is 0. The zero-order valence-corrected chi connectivity index (χ0v) is 17.1. The van der Waals surface area contributed by atoms with Crippen molar-refractivity contribution in [2.24, 2.45) is 0 Å². The third kappa shape index (κ3) is 4.45. The number of carbonyl (C=O) groups excluding carboxylic acids is 1. The zero-order chi connectivity index (χ0) is 21.3. The molecular formula is C24H26O5. The molecule has 1 atom stereocenters. The number of carbonyl (C=O) groups is 1. The number of benzene rings is 2. The molecule has 3 rings (SSSR count). The van der Waals surface area contributed by atoms with Crippen LogP contribution >= 0.6 is 0 Å². The monoisotopic (exact) mass is 394 g/mol. The van der Waals surface area contributed by atoms with Crippen LogP contribution in [0.3, 0.4) is 0 Å². The highest BCUT2D eigenvalue weighted by atomic mass is 16.5. The summed E-state index contributed by atoms with van der Waals surface area (Å²) in [6.45, 7) is 7.89. The summed E-state index contributed by atoms with van der Waals surface area (Å²) >= 11 is 0. The lowest BCUT2D eigenvalue weighted by atomic mass is 9.92. The summed E-state index contributed by atoms with van der Waals surface area (Å²) < 4.78 is 5.97. The van der Waals surface area contributed by atoms with E-state index in [0.29, 0.717) is 12.0 Å². The maximum absolute atomic E-state index is 12.6. The topological polar surface area (TPSA) is 87.0 Å². The SMILES string of the molecule is CC(C)=CCc1cc(C2CC(=O)c3c(O)cc(O)cc3O2)cc(C=C(C)C)c1O.